The third-order valence-electron chi connectivity index (χ3n) is 1.01. The highest BCUT2D eigenvalue weighted by molar-refractivity contribution is 6.71. The number of hydrogen-bond acceptors (Lipinski definition) is 4. The molecule has 5 heteroatoms. The van der Waals surface area contributed by atoms with E-state index in [1.807, 2.05) is 19.6 Å². The molecule has 0 saturated heterocycles. The number of carbonyl (C=O) groups excluding carboxylic acids is 2. The Balaban J connectivity index is 3.82. The molecule has 0 aliphatic carbocycles. The first-order chi connectivity index (χ1) is 5.85. The zero-order valence-electron chi connectivity index (χ0n) is 8.55. The van der Waals surface area contributed by atoms with Crippen molar-refractivity contribution in [3.8, 4) is 0 Å². The second kappa shape index (κ2) is 5.01. The minimum atomic E-state index is -1.87. The fourth-order valence-electron chi connectivity index (χ4n) is 0.707. The van der Waals surface area contributed by atoms with Gasteiger partial charge in [0.2, 0.25) is 8.32 Å². The normalized spacial score (nSPS) is 10.8. The average molecular weight is 204 g/mol. The molecule has 0 N–H and O–H groups in total. The summed E-state index contributed by atoms with van der Waals surface area (Å²) in [5, 5.41) is 0. The van der Waals surface area contributed by atoms with Gasteiger partial charge in [-0.25, -0.2) is 0 Å². The number of carbonyl (C=O) groups is 2. The van der Waals surface area contributed by atoms with Gasteiger partial charge < -0.3 is 9.16 Å². The Morgan fingerprint density at radius 2 is 1.69 bits per heavy atom. The Morgan fingerprint density at radius 3 is 2.08 bits per heavy atom. The summed E-state index contributed by atoms with van der Waals surface area (Å²) in [5.41, 5.74) is 0. The van der Waals surface area contributed by atoms with Crippen LogP contribution in [0.4, 0.5) is 0 Å². The maximum atomic E-state index is 11.1. The van der Waals surface area contributed by atoms with Crippen LogP contribution in [0, 0.1) is 0 Å². The second-order valence-electron chi connectivity index (χ2n) is 3.57. The molecule has 4 nitrogen and oxygen atoms in total. The van der Waals surface area contributed by atoms with Crippen molar-refractivity contribution >= 4 is 20.3 Å². The molecule has 0 aliphatic rings. The van der Waals surface area contributed by atoms with Gasteiger partial charge >= 0.3 is 11.9 Å². The molecule has 0 aliphatic heterocycles. The third kappa shape index (κ3) is 7.52. The second-order valence-corrected chi connectivity index (χ2v) is 8.00. The van der Waals surface area contributed by atoms with E-state index in [2.05, 4.69) is 4.74 Å². The van der Waals surface area contributed by atoms with E-state index in [0.717, 1.165) is 0 Å². The number of hydrogen-bond donors (Lipinski definition) is 0. The molecule has 0 saturated carbocycles. The van der Waals surface area contributed by atoms with E-state index >= 15 is 0 Å². The van der Waals surface area contributed by atoms with Crippen molar-refractivity contribution in [1.82, 2.24) is 0 Å². The quantitative estimate of drug-likeness (QED) is 0.394. The highest BCUT2D eigenvalue weighted by Gasteiger charge is 2.21. The van der Waals surface area contributed by atoms with Crippen molar-refractivity contribution in [2.24, 2.45) is 0 Å². The SMILES string of the molecule is CCOC(=O)CC(=O)O[Si](C)(C)C. The van der Waals surface area contributed by atoms with Crippen LogP contribution >= 0.6 is 0 Å². The summed E-state index contributed by atoms with van der Waals surface area (Å²) in [4.78, 5) is 21.9. The van der Waals surface area contributed by atoms with Gasteiger partial charge in [-0.15, -0.1) is 0 Å². The third-order valence-corrected chi connectivity index (χ3v) is 1.85. The van der Waals surface area contributed by atoms with Gasteiger partial charge in [-0.2, -0.15) is 0 Å². The van der Waals surface area contributed by atoms with Gasteiger partial charge in [0, 0.05) is 0 Å². The molecular formula is C8H16O4Si. The predicted molar refractivity (Wildman–Crippen MR) is 50.7 cm³/mol. The highest BCUT2D eigenvalue weighted by atomic mass is 28.4. The van der Waals surface area contributed by atoms with E-state index in [1.165, 1.54) is 0 Å². The summed E-state index contributed by atoms with van der Waals surface area (Å²) in [6.45, 7) is 7.64. The number of rotatable bonds is 4. The number of ether oxygens (including phenoxy) is 1. The molecule has 0 fully saturated rings. The molecule has 0 spiro atoms. The van der Waals surface area contributed by atoms with E-state index in [-0.39, 0.29) is 6.42 Å². The van der Waals surface area contributed by atoms with Gasteiger partial charge in [-0.05, 0) is 26.6 Å². The molecule has 0 heterocycles. The Bertz CT molecular complexity index is 195. The van der Waals surface area contributed by atoms with Gasteiger partial charge in [0.15, 0.2) is 0 Å². The molecule has 0 bridgehead atoms. The Labute approximate surface area is 79.3 Å². The first-order valence-corrected chi connectivity index (χ1v) is 7.63. The maximum absolute atomic E-state index is 11.1. The molecule has 0 aromatic rings. The van der Waals surface area contributed by atoms with E-state index < -0.39 is 20.3 Å². The van der Waals surface area contributed by atoms with E-state index in [1.54, 1.807) is 6.92 Å². The van der Waals surface area contributed by atoms with Gasteiger partial charge in [0.1, 0.15) is 6.42 Å². The summed E-state index contributed by atoms with van der Waals surface area (Å²) in [5.74, 6) is -1.01. The molecule has 0 radical (unpaired) electrons. The first-order valence-electron chi connectivity index (χ1n) is 4.22. The lowest BCUT2D eigenvalue weighted by molar-refractivity contribution is -0.150. The van der Waals surface area contributed by atoms with Crippen LogP contribution in [0.2, 0.25) is 19.6 Å². The summed E-state index contributed by atoms with van der Waals surface area (Å²) in [6, 6.07) is 0. The van der Waals surface area contributed by atoms with Crippen molar-refractivity contribution in [2.75, 3.05) is 6.61 Å². The Kier molecular flexibility index (Phi) is 4.69. The van der Waals surface area contributed by atoms with Crippen LogP contribution in [-0.2, 0) is 18.8 Å². The predicted octanol–water partition coefficient (Wildman–Crippen LogP) is 1.32. The molecule has 0 aromatic heterocycles. The summed E-state index contributed by atoms with van der Waals surface area (Å²) in [7, 11) is -1.87. The first kappa shape index (κ1) is 12.2. The van der Waals surface area contributed by atoms with Gasteiger partial charge in [0.25, 0.3) is 0 Å². The highest BCUT2D eigenvalue weighted by Crippen LogP contribution is 2.04. The van der Waals surface area contributed by atoms with Crippen LogP contribution in [0.1, 0.15) is 13.3 Å². The monoisotopic (exact) mass is 204 g/mol. The standard InChI is InChI=1S/C8H16O4Si/c1-5-11-7(9)6-8(10)12-13(2,3)4/h5-6H2,1-4H3. The number of esters is 1. The van der Waals surface area contributed by atoms with Crippen LogP contribution in [0.5, 0.6) is 0 Å². The molecular weight excluding hydrogens is 188 g/mol. The maximum Gasteiger partial charge on any atom is 0.317 e. The fourth-order valence-corrected chi connectivity index (χ4v) is 1.46. The fraction of sp³-hybridized carbons (Fsp3) is 0.750. The van der Waals surface area contributed by atoms with Crippen molar-refractivity contribution in [2.45, 2.75) is 33.0 Å². The molecule has 0 atom stereocenters. The largest absolute Gasteiger partial charge is 0.519 e. The summed E-state index contributed by atoms with van der Waals surface area (Å²) < 4.78 is 9.66. The van der Waals surface area contributed by atoms with Crippen LogP contribution in [0.25, 0.3) is 0 Å². The van der Waals surface area contributed by atoms with E-state index in [9.17, 15) is 9.59 Å². The molecule has 0 amide bonds. The summed E-state index contributed by atoms with van der Waals surface area (Å²) in [6.07, 6.45) is -0.280. The van der Waals surface area contributed by atoms with Gasteiger partial charge in [0.05, 0.1) is 6.61 Å². The minimum absolute atomic E-state index is 0.280. The van der Waals surface area contributed by atoms with Crippen molar-refractivity contribution in [3.63, 3.8) is 0 Å². The zero-order chi connectivity index (χ0) is 10.5. The molecule has 13 heavy (non-hydrogen) atoms. The van der Waals surface area contributed by atoms with Crippen LogP contribution in [0.3, 0.4) is 0 Å². The Morgan fingerprint density at radius 1 is 1.15 bits per heavy atom. The average Bonchev–Trinajstić information content (AvgIpc) is 1.81. The van der Waals surface area contributed by atoms with E-state index in [0.29, 0.717) is 6.61 Å². The van der Waals surface area contributed by atoms with Crippen LogP contribution < -0.4 is 0 Å². The Hall–Kier alpha value is -0.843. The topological polar surface area (TPSA) is 52.6 Å². The minimum Gasteiger partial charge on any atom is -0.519 e. The lowest BCUT2D eigenvalue weighted by Crippen LogP contribution is -2.30. The smallest absolute Gasteiger partial charge is 0.317 e. The summed E-state index contributed by atoms with van der Waals surface area (Å²) >= 11 is 0. The molecule has 0 rings (SSSR count). The molecule has 0 aromatic carbocycles. The lowest BCUT2D eigenvalue weighted by Gasteiger charge is -2.16. The van der Waals surface area contributed by atoms with Crippen LogP contribution in [-0.4, -0.2) is 26.9 Å². The van der Waals surface area contributed by atoms with Crippen molar-refractivity contribution in [3.05, 3.63) is 0 Å². The van der Waals surface area contributed by atoms with Gasteiger partial charge in [-0.1, -0.05) is 0 Å². The van der Waals surface area contributed by atoms with Gasteiger partial charge in [-0.3, -0.25) is 9.59 Å². The molecule has 0 unspecified atom stereocenters. The molecule has 76 valence electrons. The van der Waals surface area contributed by atoms with E-state index in [4.69, 9.17) is 4.43 Å². The van der Waals surface area contributed by atoms with Crippen LogP contribution in [0.15, 0.2) is 0 Å². The lowest BCUT2D eigenvalue weighted by atomic mass is 10.4. The van der Waals surface area contributed by atoms with Crippen molar-refractivity contribution < 1.29 is 18.8 Å². The zero-order valence-corrected chi connectivity index (χ0v) is 9.55. The van der Waals surface area contributed by atoms with Crippen molar-refractivity contribution in [1.29, 1.82) is 0 Å².